The van der Waals surface area contributed by atoms with Crippen molar-refractivity contribution in [1.82, 2.24) is 4.98 Å². The van der Waals surface area contributed by atoms with Gasteiger partial charge in [-0.15, -0.1) is 11.3 Å². The maximum atomic E-state index is 11.8. The number of rotatable bonds is 3. The molecule has 0 bridgehead atoms. The molecule has 0 aliphatic carbocycles. The molecule has 0 saturated heterocycles. The summed E-state index contributed by atoms with van der Waals surface area (Å²) in [4.78, 5) is 16.7. The van der Waals surface area contributed by atoms with Crippen molar-refractivity contribution in [2.45, 2.75) is 6.42 Å². The van der Waals surface area contributed by atoms with Crippen LogP contribution in [-0.2, 0) is 6.42 Å². The second-order valence-corrected chi connectivity index (χ2v) is 4.96. The van der Waals surface area contributed by atoms with E-state index in [-0.39, 0.29) is 5.78 Å². The Morgan fingerprint density at radius 3 is 2.67 bits per heavy atom. The van der Waals surface area contributed by atoms with Crippen molar-refractivity contribution in [3.05, 3.63) is 50.9 Å². The van der Waals surface area contributed by atoms with Crippen LogP contribution in [0.3, 0.4) is 0 Å². The Kier molecular flexibility index (Phi) is 3.28. The summed E-state index contributed by atoms with van der Waals surface area (Å²) in [5.41, 5.74) is 2.48. The molecule has 0 N–H and O–H groups in total. The van der Waals surface area contributed by atoms with Gasteiger partial charge in [-0.2, -0.15) is 0 Å². The Hall–Kier alpha value is -1.00. The topological polar surface area (TPSA) is 30.0 Å². The van der Waals surface area contributed by atoms with Gasteiger partial charge in [-0.25, -0.2) is 0 Å². The summed E-state index contributed by atoms with van der Waals surface area (Å²) in [5, 5.41) is 0. The summed E-state index contributed by atoms with van der Waals surface area (Å²) in [6.07, 6.45) is 2.17. The lowest BCUT2D eigenvalue weighted by Gasteiger charge is -1.98. The molecule has 4 heteroatoms. The van der Waals surface area contributed by atoms with Gasteiger partial charge in [0.2, 0.25) is 0 Å². The van der Waals surface area contributed by atoms with Gasteiger partial charge in [0.05, 0.1) is 5.51 Å². The fourth-order valence-electron chi connectivity index (χ4n) is 1.23. The number of carbonyl (C=O) groups excluding carboxylic acids is 1. The van der Waals surface area contributed by atoms with Gasteiger partial charge in [-0.1, -0.05) is 28.1 Å². The summed E-state index contributed by atoms with van der Waals surface area (Å²) in [6.45, 7) is 0. The lowest BCUT2D eigenvalue weighted by Crippen LogP contribution is -2.01. The quantitative estimate of drug-likeness (QED) is 0.808. The molecule has 0 unspecified atom stereocenters. The Labute approximate surface area is 100 Å². The second-order valence-electron chi connectivity index (χ2n) is 3.07. The van der Waals surface area contributed by atoms with Crippen LogP contribution in [0.15, 0.2) is 40.4 Å². The molecular formula is C11H8BrNOS. The lowest BCUT2D eigenvalue weighted by atomic mass is 10.1. The van der Waals surface area contributed by atoms with Gasteiger partial charge < -0.3 is 0 Å². The first-order valence-electron chi connectivity index (χ1n) is 4.42. The molecule has 1 heterocycles. The molecule has 1 aromatic heterocycles. The van der Waals surface area contributed by atoms with Crippen LogP contribution in [0.5, 0.6) is 0 Å². The second kappa shape index (κ2) is 4.68. The molecule has 0 fully saturated rings. The number of benzene rings is 1. The van der Waals surface area contributed by atoms with E-state index in [0.717, 1.165) is 14.9 Å². The van der Waals surface area contributed by atoms with E-state index < -0.39 is 0 Å². The minimum Gasteiger partial charge on any atom is -0.294 e. The molecule has 2 aromatic rings. The number of ketones is 1. The monoisotopic (exact) mass is 281 g/mol. The van der Waals surface area contributed by atoms with E-state index >= 15 is 0 Å². The van der Waals surface area contributed by atoms with Crippen LogP contribution < -0.4 is 0 Å². The van der Waals surface area contributed by atoms with E-state index in [1.165, 1.54) is 11.3 Å². The normalized spacial score (nSPS) is 10.2. The number of Topliss-reactive ketones (excluding diaryl/α,β-unsaturated/α-hetero) is 1. The van der Waals surface area contributed by atoms with Crippen molar-refractivity contribution < 1.29 is 4.79 Å². The highest BCUT2D eigenvalue weighted by Gasteiger charge is 2.07. The fraction of sp³-hybridized carbons (Fsp3) is 0.0909. The van der Waals surface area contributed by atoms with Gasteiger partial charge in [-0.3, -0.25) is 9.78 Å². The van der Waals surface area contributed by atoms with Gasteiger partial charge in [0, 0.05) is 27.5 Å². The highest BCUT2D eigenvalue weighted by Crippen LogP contribution is 2.14. The first kappa shape index (κ1) is 10.5. The minimum absolute atomic E-state index is 0.131. The molecular weight excluding hydrogens is 274 g/mol. The van der Waals surface area contributed by atoms with Crippen molar-refractivity contribution in [3.8, 4) is 0 Å². The molecule has 76 valence electrons. The summed E-state index contributed by atoms with van der Waals surface area (Å²) < 4.78 is 0.983. The van der Waals surface area contributed by atoms with Gasteiger partial charge in [0.1, 0.15) is 0 Å². The molecule has 2 rings (SSSR count). The van der Waals surface area contributed by atoms with Crippen molar-refractivity contribution in [2.75, 3.05) is 0 Å². The summed E-state index contributed by atoms with van der Waals surface area (Å²) >= 11 is 4.84. The molecule has 0 aliphatic heterocycles. The fourth-order valence-corrected chi connectivity index (χ4v) is 2.08. The van der Waals surface area contributed by atoms with Crippen molar-refractivity contribution >= 4 is 33.0 Å². The minimum atomic E-state index is 0.131. The van der Waals surface area contributed by atoms with E-state index in [4.69, 9.17) is 0 Å². The average molecular weight is 282 g/mol. The van der Waals surface area contributed by atoms with E-state index in [1.54, 1.807) is 11.7 Å². The highest BCUT2D eigenvalue weighted by atomic mass is 79.9. The maximum absolute atomic E-state index is 11.8. The third-order valence-electron chi connectivity index (χ3n) is 1.98. The molecule has 0 amide bonds. The smallest absolute Gasteiger partial charge is 0.168 e. The zero-order chi connectivity index (χ0) is 10.7. The average Bonchev–Trinajstić information content (AvgIpc) is 2.71. The zero-order valence-electron chi connectivity index (χ0n) is 7.81. The van der Waals surface area contributed by atoms with Gasteiger partial charge in [0.15, 0.2) is 5.78 Å². The van der Waals surface area contributed by atoms with E-state index in [9.17, 15) is 4.79 Å². The van der Waals surface area contributed by atoms with Gasteiger partial charge in [0.25, 0.3) is 0 Å². The Morgan fingerprint density at radius 1 is 1.33 bits per heavy atom. The van der Waals surface area contributed by atoms with Gasteiger partial charge in [-0.05, 0) is 12.1 Å². The first-order valence-corrected chi connectivity index (χ1v) is 6.09. The maximum Gasteiger partial charge on any atom is 0.168 e. The van der Waals surface area contributed by atoms with Gasteiger partial charge >= 0.3 is 0 Å². The van der Waals surface area contributed by atoms with Crippen LogP contribution in [0.1, 0.15) is 15.2 Å². The molecule has 1 aromatic carbocycles. The third-order valence-corrected chi connectivity index (χ3v) is 3.29. The Bertz CT molecular complexity index is 450. The van der Waals surface area contributed by atoms with E-state index in [0.29, 0.717) is 6.42 Å². The summed E-state index contributed by atoms with van der Waals surface area (Å²) in [6, 6.07) is 7.40. The molecule has 0 aliphatic rings. The third kappa shape index (κ3) is 2.73. The molecule has 0 radical (unpaired) electrons. The molecule has 0 spiro atoms. The summed E-state index contributed by atoms with van der Waals surface area (Å²) in [7, 11) is 0. The van der Waals surface area contributed by atoms with Crippen LogP contribution in [0.4, 0.5) is 0 Å². The highest BCUT2D eigenvalue weighted by molar-refractivity contribution is 9.10. The predicted molar refractivity (Wildman–Crippen MR) is 64.3 cm³/mol. The van der Waals surface area contributed by atoms with Crippen LogP contribution in [-0.4, -0.2) is 10.8 Å². The number of nitrogens with zero attached hydrogens (tertiary/aromatic N) is 1. The number of aromatic nitrogens is 1. The largest absolute Gasteiger partial charge is 0.294 e. The number of carbonyl (C=O) groups is 1. The van der Waals surface area contributed by atoms with E-state index in [2.05, 4.69) is 20.9 Å². The van der Waals surface area contributed by atoms with Crippen LogP contribution in [0, 0.1) is 0 Å². The van der Waals surface area contributed by atoms with Crippen LogP contribution >= 0.6 is 27.3 Å². The van der Waals surface area contributed by atoms with E-state index in [1.807, 2.05) is 24.3 Å². The SMILES string of the molecule is O=C(Cc1cncs1)c1ccc(Br)cc1. The van der Waals surface area contributed by atoms with Crippen LogP contribution in [0.25, 0.3) is 0 Å². The number of halogens is 1. The number of thiazole rings is 1. The number of hydrogen-bond donors (Lipinski definition) is 0. The predicted octanol–water partition coefficient (Wildman–Crippen LogP) is 3.33. The Balaban J connectivity index is 2.11. The van der Waals surface area contributed by atoms with Crippen molar-refractivity contribution in [2.24, 2.45) is 0 Å². The van der Waals surface area contributed by atoms with Crippen LogP contribution in [0.2, 0.25) is 0 Å². The molecule has 0 saturated carbocycles. The molecule has 2 nitrogen and oxygen atoms in total. The van der Waals surface area contributed by atoms with Crippen molar-refractivity contribution in [3.63, 3.8) is 0 Å². The Morgan fingerprint density at radius 2 is 2.07 bits per heavy atom. The summed E-state index contributed by atoms with van der Waals surface area (Å²) in [5.74, 6) is 0.131. The standard InChI is InChI=1S/C11H8BrNOS/c12-9-3-1-8(2-4-9)11(14)5-10-6-13-7-15-10/h1-4,6-7H,5H2. The van der Waals surface area contributed by atoms with Crippen molar-refractivity contribution in [1.29, 1.82) is 0 Å². The molecule has 15 heavy (non-hydrogen) atoms. The first-order chi connectivity index (χ1) is 7.25. The number of hydrogen-bond acceptors (Lipinski definition) is 3. The lowest BCUT2D eigenvalue weighted by molar-refractivity contribution is 0.0994. The molecule has 0 atom stereocenters. The zero-order valence-corrected chi connectivity index (χ0v) is 10.2.